The van der Waals surface area contributed by atoms with Crippen molar-refractivity contribution in [3.63, 3.8) is 0 Å². The Morgan fingerprint density at radius 1 is 1.53 bits per heavy atom. The van der Waals surface area contributed by atoms with Crippen LogP contribution in [0.3, 0.4) is 0 Å². The Morgan fingerprint density at radius 3 is 2.82 bits per heavy atom. The third-order valence-electron chi connectivity index (χ3n) is 2.51. The zero-order valence-electron chi connectivity index (χ0n) is 9.56. The summed E-state index contributed by atoms with van der Waals surface area (Å²) in [5.41, 5.74) is -0.726. The molecule has 1 aromatic carbocycles. The predicted octanol–water partition coefficient (Wildman–Crippen LogP) is -3.07. The standard InChI is InChI=1S/C11H11NO4.Li/c1-16-11(10(14)15)6-5-7-3-2-4-8(13)9(7)12-11;/h2-6,12-13H,1H3,(H,14,15);/q;+1/p-1. The molecule has 0 radical (unpaired) electrons. The molecule has 5 nitrogen and oxygen atoms in total. The normalized spacial score (nSPS) is 21.0. The molecule has 0 saturated heterocycles. The fourth-order valence-electron chi connectivity index (χ4n) is 1.59. The van der Waals surface area contributed by atoms with Crippen LogP contribution in [0.4, 0.5) is 5.69 Å². The van der Waals surface area contributed by atoms with Gasteiger partial charge in [-0.25, -0.2) is 0 Å². The number of benzene rings is 1. The molecule has 6 heteroatoms. The third kappa shape index (κ3) is 2.18. The summed E-state index contributed by atoms with van der Waals surface area (Å²) in [5, 5.41) is 23.2. The van der Waals surface area contributed by atoms with Crippen molar-refractivity contribution in [1.29, 1.82) is 0 Å². The minimum atomic E-state index is -1.73. The Balaban J connectivity index is 0.00000144. The van der Waals surface area contributed by atoms with Gasteiger partial charge in [-0.3, -0.25) is 0 Å². The molecule has 0 amide bonds. The molecule has 1 heterocycles. The number of carbonyl (C=O) groups excluding carboxylic acids is 1. The van der Waals surface area contributed by atoms with Crippen molar-refractivity contribution in [2.24, 2.45) is 0 Å². The number of carboxylic acids is 1. The van der Waals surface area contributed by atoms with Gasteiger partial charge in [-0.15, -0.1) is 0 Å². The number of aliphatic carboxylic acids is 1. The average molecular weight is 227 g/mol. The number of phenolic OH excluding ortho intramolecular Hbond substituents is 1. The van der Waals surface area contributed by atoms with Crippen LogP contribution in [-0.4, -0.2) is 23.9 Å². The number of methoxy groups -OCH3 is 1. The first-order chi connectivity index (χ1) is 7.59. The minimum Gasteiger partial charge on any atom is -0.545 e. The van der Waals surface area contributed by atoms with E-state index in [2.05, 4.69) is 5.32 Å². The van der Waals surface area contributed by atoms with Crippen molar-refractivity contribution in [2.75, 3.05) is 12.4 Å². The first-order valence-corrected chi connectivity index (χ1v) is 4.65. The fourth-order valence-corrected chi connectivity index (χ4v) is 1.59. The molecule has 2 N–H and O–H groups in total. The Labute approximate surface area is 110 Å². The van der Waals surface area contributed by atoms with E-state index in [1.54, 1.807) is 18.2 Å². The quantitative estimate of drug-likeness (QED) is 0.414. The van der Waals surface area contributed by atoms with Gasteiger partial charge in [0.1, 0.15) is 5.75 Å². The van der Waals surface area contributed by atoms with E-state index in [0.717, 1.165) is 0 Å². The summed E-state index contributed by atoms with van der Waals surface area (Å²) in [5.74, 6) is -1.45. The van der Waals surface area contributed by atoms with Gasteiger partial charge in [0.15, 0.2) is 5.72 Å². The number of hydrogen-bond acceptors (Lipinski definition) is 5. The van der Waals surface area contributed by atoms with E-state index < -0.39 is 11.7 Å². The molecule has 84 valence electrons. The monoisotopic (exact) mass is 227 g/mol. The number of para-hydroxylation sites is 1. The van der Waals surface area contributed by atoms with Crippen molar-refractivity contribution < 1.29 is 38.6 Å². The van der Waals surface area contributed by atoms with Gasteiger partial charge in [-0.2, -0.15) is 0 Å². The second kappa shape index (κ2) is 4.84. The Bertz CT molecular complexity index is 475. The number of rotatable bonds is 2. The molecule has 2 rings (SSSR count). The van der Waals surface area contributed by atoms with E-state index >= 15 is 0 Å². The molecule has 0 spiro atoms. The molecule has 1 aliphatic rings. The van der Waals surface area contributed by atoms with Crippen LogP contribution in [-0.2, 0) is 9.53 Å². The summed E-state index contributed by atoms with van der Waals surface area (Å²) >= 11 is 0. The summed E-state index contributed by atoms with van der Waals surface area (Å²) in [4.78, 5) is 11.0. The summed E-state index contributed by atoms with van der Waals surface area (Å²) in [7, 11) is 1.25. The molecule has 1 aromatic rings. The number of hydrogen-bond donors (Lipinski definition) is 2. The van der Waals surface area contributed by atoms with Crippen LogP contribution in [0.25, 0.3) is 6.08 Å². The van der Waals surface area contributed by atoms with Crippen LogP contribution >= 0.6 is 0 Å². The molecular weight excluding hydrogens is 217 g/mol. The summed E-state index contributed by atoms with van der Waals surface area (Å²) in [6, 6.07) is 4.87. The molecule has 0 aliphatic carbocycles. The number of carbonyl (C=O) groups is 1. The second-order valence-electron chi connectivity index (χ2n) is 3.43. The van der Waals surface area contributed by atoms with E-state index in [1.165, 1.54) is 19.3 Å². The number of carboxylic acid groups (broad SMARTS) is 1. The van der Waals surface area contributed by atoms with Gasteiger partial charge in [0.05, 0.1) is 11.7 Å². The second-order valence-corrected chi connectivity index (χ2v) is 3.43. The van der Waals surface area contributed by atoms with E-state index in [9.17, 15) is 15.0 Å². The van der Waals surface area contributed by atoms with E-state index in [-0.39, 0.29) is 24.6 Å². The van der Waals surface area contributed by atoms with Gasteiger partial charge < -0.3 is 25.1 Å². The molecule has 1 aliphatic heterocycles. The van der Waals surface area contributed by atoms with Gasteiger partial charge in [0.25, 0.3) is 0 Å². The first kappa shape index (κ1) is 13.7. The van der Waals surface area contributed by atoms with Gasteiger partial charge in [0, 0.05) is 12.7 Å². The van der Waals surface area contributed by atoms with Gasteiger partial charge >= 0.3 is 18.9 Å². The van der Waals surface area contributed by atoms with Gasteiger partial charge in [0.2, 0.25) is 0 Å². The molecule has 0 saturated carbocycles. The molecule has 0 aromatic heterocycles. The van der Waals surface area contributed by atoms with Crippen LogP contribution in [0.1, 0.15) is 5.56 Å². The number of fused-ring (bicyclic) bond motifs is 1. The maximum absolute atomic E-state index is 11.0. The topological polar surface area (TPSA) is 81.6 Å². The van der Waals surface area contributed by atoms with E-state index in [1.807, 2.05) is 0 Å². The number of ether oxygens (including phenoxy) is 1. The zero-order valence-corrected chi connectivity index (χ0v) is 9.56. The molecule has 1 atom stereocenters. The Hall–Kier alpha value is -1.41. The molecule has 1 unspecified atom stereocenters. The number of nitrogens with one attached hydrogen (secondary N) is 1. The van der Waals surface area contributed by atoms with Crippen LogP contribution in [0.15, 0.2) is 24.3 Å². The number of anilines is 1. The number of phenols is 1. The molecule has 0 bridgehead atoms. The van der Waals surface area contributed by atoms with Crippen LogP contribution < -0.4 is 29.3 Å². The van der Waals surface area contributed by atoms with Crippen LogP contribution in [0, 0.1) is 0 Å². The molecule has 17 heavy (non-hydrogen) atoms. The summed E-state index contributed by atoms with van der Waals surface area (Å²) < 4.78 is 4.88. The maximum Gasteiger partial charge on any atom is 1.00 e. The first-order valence-electron chi connectivity index (χ1n) is 4.65. The molecule has 0 fully saturated rings. The third-order valence-corrected chi connectivity index (χ3v) is 2.51. The smallest absolute Gasteiger partial charge is 0.545 e. The SMILES string of the molecule is COC1(C(=O)[O-])C=Cc2cccc(O)c2N1.[Li+]. The van der Waals surface area contributed by atoms with Crippen LogP contribution in [0.2, 0.25) is 0 Å². The van der Waals surface area contributed by atoms with Gasteiger partial charge in [-0.1, -0.05) is 18.2 Å². The van der Waals surface area contributed by atoms with Crippen molar-refractivity contribution in [1.82, 2.24) is 0 Å². The Kier molecular flexibility index (Phi) is 3.89. The van der Waals surface area contributed by atoms with Crippen molar-refractivity contribution in [3.05, 3.63) is 29.8 Å². The van der Waals surface area contributed by atoms with E-state index in [4.69, 9.17) is 4.74 Å². The van der Waals surface area contributed by atoms with Crippen molar-refractivity contribution in [3.8, 4) is 5.75 Å². The largest absolute Gasteiger partial charge is 1.00 e. The van der Waals surface area contributed by atoms with Crippen LogP contribution in [0.5, 0.6) is 5.75 Å². The minimum absolute atomic E-state index is 0. The molecular formula is C11H10LiNO4. The fraction of sp³-hybridized carbons (Fsp3) is 0.182. The van der Waals surface area contributed by atoms with Gasteiger partial charge in [-0.05, 0) is 12.1 Å². The number of aromatic hydroxyl groups is 1. The van der Waals surface area contributed by atoms with Crippen molar-refractivity contribution in [2.45, 2.75) is 5.72 Å². The zero-order chi connectivity index (χ0) is 11.8. The predicted molar refractivity (Wildman–Crippen MR) is 55.5 cm³/mol. The maximum atomic E-state index is 11.0. The van der Waals surface area contributed by atoms with Crippen molar-refractivity contribution >= 4 is 17.7 Å². The average Bonchev–Trinajstić information content (AvgIpc) is 2.29. The summed E-state index contributed by atoms with van der Waals surface area (Å²) in [6.45, 7) is 0. The van der Waals surface area contributed by atoms with E-state index in [0.29, 0.717) is 11.3 Å². The summed E-state index contributed by atoms with van der Waals surface area (Å²) in [6.07, 6.45) is 2.90. The Morgan fingerprint density at radius 2 is 2.24 bits per heavy atom.